The van der Waals surface area contributed by atoms with E-state index >= 15 is 0 Å². The molecule has 1 aromatic heterocycles. The normalized spacial score (nSPS) is 16.6. The highest BCUT2D eigenvalue weighted by atomic mass is 79.9. The van der Waals surface area contributed by atoms with Crippen molar-refractivity contribution in [2.45, 2.75) is 6.04 Å². The van der Waals surface area contributed by atoms with E-state index in [1.807, 2.05) is 72.8 Å². The lowest BCUT2D eigenvalue weighted by Gasteiger charge is -2.30. The lowest BCUT2D eigenvalue weighted by atomic mass is 9.93. The number of urea groups is 1. The second-order valence-corrected chi connectivity index (χ2v) is 8.67. The molecule has 6 heteroatoms. The summed E-state index contributed by atoms with van der Waals surface area (Å²) >= 11 is 5.18. The van der Waals surface area contributed by atoms with E-state index in [2.05, 4.69) is 32.6 Å². The monoisotopic (exact) mass is 461 g/mol. The number of nitrogens with zero attached hydrogens (tertiary/aromatic N) is 1. The number of amides is 2. The Balaban J connectivity index is 1.78. The first-order chi connectivity index (χ1) is 14.2. The van der Waals surface area contributed by atoms with Crippen molar-refractivity contribution in [1.82, 2.24) is 15.6 Å². The Morgan fingerprint density at radius 3 is 2.52 bits per heavy atom. The number of nitrogens with one attached hydrogen (secondary N) is 2. The number of carbonyl (C=O) groups excluding carboxylic acids is 1. The highest BCUT2D eigenvalue weighted by Crippen LogP contribution is 2.41. The van der Waals surface area contributed by atoms with E-state index in [0.29, 0.717) is 0 Å². The molecule has 0 aliphatic carbocycles. The van der Waals surface area contributed by atoms with Gasteiger partial charge < -0.3 is 10.6 Å². The first kappa shape index (κ1) is 18.1. The van der Waals surface area contributed by atoms with E-state index in [1.54, 1.807) is 11.3 Å². The van der Waals surface area contributed by atoms with Crippen LogP contribution in [-0.4, -0.2) is 11.0 Å². The van der Waals surface area contributed by atoms with Crippen molar-refractivity contribution < 1.29 is 4.79 Å². The van der Waals surface area contributed by atoms with E-state index in [0.717, 1.165) is 42.1 Å². The van der Waals surface area contributed by atoms with Crippen molar-refractivity contribution in [1.29, 1.82) is 0 Å². The molecule has 0 saturated carbocycles. The summed E-state index contributed by atoms with van der Waals surface area (Å²) in [5, 5.41) is 7.01. The van der Waals surface area contributed by atoms with Crippen molar-refractivity contribution in [3.63, 3.8) is 0 Å². The first-order valence-corrected chi connectivity index (χ1v) is 10.8. The number of benzene rings is 3. The van der Waals surface area contributed by atoms with Gasteiger partial charge in [0, 0.05) is 10.0 Å². The minimum atomic E-state index is -0.308. The van der Waals surface area contributed by atoms with Crippen molar-refractivity contribution in [2.24, 2.45) is 0 Å². The molecule has 3 aromatic carbocycles. The summed E-state index contributed by atoms with van der Waals surface area (Å²) in [5.41, 5.74) is 4.67. The van der Waals surface area contributed by atoms with Crippen LogP contribution in [0.2, 0.25) is 0 Å². The minimum Gasteiger partial charge on any atom is -0.327 e. The van der Waals surface area contributed by atoms with Crippen LogP contribution in [0.1, 0.15) is 22.2 Å². The zero-order valence-electron chi connectivity index (χ0n) is 15.2. The molecule has 0 unspecified atom stereocenters. The van der Waals surface area contributed by atoms with Crippen LogP contribution in [-0.2, 0) is 0 Å². The Labute approximate surface area is 180 Å². The maximum atomic E-state index is 12.6. The Hall–Kier alpha value is -2.96. The predicted molar refractivity (Wildman–Crippen MR) is 121 cm³/mol. The van der Waals surface area contributed by atoms with Gasteiger partial charge >= 0.3 is 6.03 Å². The molecular weight excluding hydrogens is 446 g/mol. The fraction of sp³-hybridized carbons (Fsp3) is 0.0435. The summed E-state index contributed by atoms with van der Waals surface area (Å²) in [7, 11) is 0. The minimum absolute atomic E-state index is 0.223. The van der Waals surface area contributed by atoms with Crippen molar-refractivity contribution >= 4 is 54.8 Å². The highest BCUT2D eigenvalue weighted by molar-refractivity contribution is 9.10. The number of aromatic nitrogens is 1. The van der Waals surface area contributed by atoms with Crippen LogP contribution in [0.3, 0.4) is 0 Å². The van der Waals surface area contributed by atoms with Crippen LogP contribution in [0.25, 0.3) is 21.5 Å². The summed E-state index contributed by atoms with van der Waals surface area (Å²) in [6.45, 7) is 0. The summed E-state index contributed by atoms with van der Waals surface area (Å²) in [6.07, 6.45) is 0. The second-order valence-electron chi connectivity index (χ2n) is 6.73. The lowest BCUT2D eigenvalue weighted by molar-refractivity contribution is 0.242. The molecule has 5 rings (SSSR count). The Bertz CT molecular complexity index is 1220. The Morgan fingerprint density at radius 2 is 1.72 bits per heavy atom. The van der Waals surface area contributed by atoms with E-state index in [4.69, 9.17) is 4.98 Å². The zero-order valence-corrected chi connectivity index (χ0v) is 17.6. The number of thiazole rings is 1. The smallest absolute Gasteiger partial charge is 0.320 e. The van der Waals surface area contributed by atoms with Gasteiger partial charge in [-0.1, -0.05) is 70.5 Å². The molecule has 0 fully saturated rings. The van der Waals surface area contributed by atoms with Gasteiger partial charge in [-0.15, -0.1) is 11.3 Å². The summed E-state index contributed by atoms with van der Waals surface area (Å²) < 4.78 is 2.08. The van der Waals surface area contributed by atoms with Crippen LogP contribution in [0, 0.1) is 0 Å². The molecule has 0 bridgehead atoms. The number of rotatable bonds is 3. The number of para-hydroxylation sites is 1. The second kappa shape index (κ2) is 7.46. The highest BCUT2D eigenvalue weighted by Gasteiger charge is 2.32. The van der Waals surface area contributed by atoms with Crippen molar-refractivity contribution in [3.05, 3.63) is 99.5 Å². The van der Waals surface area contributed by atoms with E-state index in [-0.39, 0.29) is 12.1 Å². The molecule has 0 spiro atoms. The van der Waals surface area contributed by atoms with Crippen LogP contribution in [0.4, 0.5) is 4.79 Å². The molecular formula is C23H16BrN3OS. The number of carbonyl (C=O) groups is 1. The molecule has 1 aliphatic heterocycles. The molecule has 1 atom stereocenters. The molecule has 4 aromatic rings. The fourth-order valence-electron chi connectivity index (χ4n) is 3.55. The zero-order chi connectivity index (χ0) is 19.8. The lowest BCUT2D eigenvalue weighted by Crippen LogP contribution is -2.42. The van der Waals surface area contributed by atoms with Gasteiger partial charge in [0.25, 0.3) is 0 Å². The largest absolute Gasteiger partial charge is 0.327 e. The third-order valence-corrected chi connectivity index (χ3v) is 6.40. The maximum absolute atomic E-state index is 12.6. The van der Waals surface area contributed by atoms with Gasteiger partial charge in [-0.3, -0.25) is 0 Å². The van der Waals surface area contributed by atoms with Crippen LogP contribution in [0.15, 0.2) is 83.3 Å². The Kier molecular flexibility index (Phi) is 4.66. The molecule has 142 valence electrons. The third-order valence-electron chi connectivity index (χ3n) is 4.84. The molecule has 4 nitrogen and oxygen atoms in total. The molecule has 0 radical (unpaired) electrons. The topological polar surface area (TPSA) is 54.0 Å². The quantitative estimate of drug-likeness (QED) is 0.394. The van der Waals surface area contributed by atoms with Gasteiger partial charge in [-0.2, -0.15) is 0 Å². The van der Waals surface area contributed by atoms with Crippen LogP contribution < -0.4 is 10.6 Å². The molecule has 0 saturated heterocycles. The van der Waals surface area contributed by atoms with E-state index in [9.17, 15) is 4.79 Å². The average molecular weight is 462 g/mol. The number of fused-ring (bicyclic) bond motifs is 1. The van der Waals surface area contributed by atoms with Gasteiger partial charge in [0.15, 0.2) is 0 Å². The van der Waals surface area contributed by atoms with Gasteiger partial charge in [0.05, 0.1) is 22.0 Å². The molecule has 2 amide bonds. The summed E-state index contributed by atoms with van der Waals surface area (Å²) in [6, 6.07) is 25.5. The van der Waals surface area contributed by atoms with Crippen molar-refractivity contribution in [2.75, 3.05) is 0 Å². The fourth-order valence-corrected chi connectivity index (χ4v) is 5.01. The molecule has 29 heavy (non-hydrogen) atoms. The van der Waals surface area contributed by atoms with E-state index in [1.165, 1.54) is 0 Å². The summed E-state index contributed by atoms with van der Waals surface area (Å²) in [4.78, 5) is 17.5. The van der Waals surface area contributed by atoms with Gasteiger partial charge in [-0.05, 0) is 35.4 Å². The van der Waals surface area contributed by atoms with Crippen molar-refractivity contribution in [3.8, 4) is 0 Å². The standard InChI is InChI=1S/C23H16BrN3OS/c24-16-10-6-9-15(13-16)21-19(22-25-17-11-4-5-12-18(17)29-22)20(26-23(28)27-21)14-7-2-1-3-8-14/h1-13,21H,(H2,26,27,28)/t21-/m1/s1. The predicted octanol–water partition coefficient (Wildman–Crippen LogP) is 5.98. The molecule has 1 aliphatic rings. The maximum Gasteiger partial charge on any atom is 0.320 e. The first-order valence-electron chi connectivity index (χ1n) is 9.17. The molecule has 2 N–H and O–H groups in total. The molecule has 2 heterocycles. The summed E-state index contributed by atoms with van der Waals surface area (Å²) in [5.74, 6) is 0. The van der Waals surface area contributed by atoms with Gasteiger partial charge in [-0.25, -0.2) is 9.78 Å². The van der Waals surface area contributed by atoms with Gasteiger partial charge in [0.2, 0.25) is 0 Å². The number of hydrogen-bond donors (Lipinski definition) is 2. The van der Waals surface area contributed by atoms with E-state index < -0.39 is 0 Å². The Morgan fingerprint density at radius 1 is 0.931 bits per heavy atom. The number of halogens is 1. The SMILES string of the molecule is O=C1NC(c2ccccc2)=C(c2nc3ccccc3s2)[C@@H](c2cccc(Br)c2)N1. The number of hydrogen-bond acceptors (Lipinski definition) is 3. The average Bonchev–Trinajstić information content (AvgIpc) is 3.17. The van der Waals surface area contributed by atoms with Crippen LogP contribution in [0.5, 0.6) is 0 Å². The third kappa shape index (κ3) is 3.45. The van der Waals surface area contributed by atoms with Gasteiger partial charge in [0.1, 0.15) is 5.01 Å². The van der Waals surface area contributed by atoms with Crippen LogP contribution >= 0.6 is 27.3 Å².